The van der Waals surface area contributed by atoms with Gasteiger partial charge in [0.05, 0.1) is 5.69 Å². The van der Waals surface area contributed by atoms with E-state index in [1.54, 1.807) is 18.3 Å². The molecule has 0 saturated heterocycles. The summed E-state index contributed by atoms with van der Waals surface area (Å²) in [4.78, 5) is 0. The second-order valence-corrected chi connectivity index (χ2v) is 4.81. The molecule has 0 aliphatic rings. The number of benzene rings is 2. The quantitative estimate of drug-likeness (QED) is 0.777. The number of hydrogen-bond acceptors (Lipinski definition) is 2. The Morgan fingerprint density at radius 3 is 2.71 bits per heavy atom. The first kappa shape index (κ1) is 13.5. The van der Waals surface area contributed by atoms with E-state index in [1.807, 2.05) is 41.2 Å². The van der Waals surface area contributed by atoms with Crippen molar-refractivity contribution in [3.05, 3.63) is 83.9 Å². The van der Waals surface area contributed by atoms with Crippen LogP contribution in [0, 0.1) is 5.82 Å². The lowest BCUT2D eigenvalue weighted by molar-refractivity contribution is 0.620. The third-order valence-corrected chi connectivity index (χ3v) is 3.28. The normalized spacial score (nSPS) is 10.7. The van der Waals surface area contributed by atoms with Crippen molar-refractivity contribution in [2.45, 2.75) is 13.1 Å². The average molecular weight is 281 g/mol. The highest BCUT2D eigenvalue weighted by atomic mass is 19.1. The highest BCUT2D eigenvalue weighted by Crippen LogP contribution is 2.13. The summed E-state index contributed by atoms with van der Waals surface area (Å²) in [5.74, 6) is -0.203. The van der Waals surface area contributed by atoms with E-state index in [-0.39, 0.29) is 5.82 Å². The van der Waals surface area contributed by atoms with Crippen LogP contribution in [0.3, 0.4) is 0 Å². The molecule has 0 aliphatic heterocycles. The van der Waals surface area contributed by atoms with Gasteiger partial charge >= 0.3 is 0 Å². The molecule has 0 spiro atoms. The molecular formula is C17H16FN3. The highest BCUT2D eigenvalue weighted by molar-refractivity contribution is 5.40. The SMILES string of the molecule is Fc1cccc(CNCc2ccccc2-n2cccn2)c1. The number of halogens is 1. The third-order valence-electron chi connectivity index (χ3n) is 3.28. The molecule has 21 heavy (non-hydrogen) atoms. The average Bonchev–Trinajstić information content (AvgIpc) is 3.02. The van der Waals surface area contributed by atoms with Gasteiger partial charge in [-0.15, -0.1) is 0 Å². The summed E-state index contributed by atoms with van der Waals surface area (Å²) in [5.41, 5.74) is 3.14. The molecule has 1 heterocycles. The third kappa shape index (κ3) is 3.35. The zero-order valence-electron chi connectivity index (χ0n) is 11.5. The molecular weight excluding hydrogens is 265 g/mol. The summed E-state index contributed by atoms with van der Waals surface area (Å²) in [6, 6.07) is 16.6. The molecule has 3 rings (SSSR count). The molecule has 3 nitrogen and oxygen atoms in total. The molecule has 0 fully saturated rings. The summed E-state index contributed by atoms with van der Waals surface area (Å²) in [5, 5.41) is 7.60. The zero-order chi connectivity index (χ0) is 14.5. The van der Waals surface area contributed by atoms with Gasteiger partial charge in [-0.2, -0.15) is 5.10 Å². The van der Waals surface area contributed by atoms with E-state index >= 15 is 0 Å². The van der Waals surface area contributed by atoms with Crippen LogP contribution in [-0.2, 0) is 13.1 Å². The van der Waals surface area contributed by atoms with Crippen LogP contribution in [0.2, 0.25) is 0 Å². The van der Waals surface area contributed by atoms with Crippen LogP contribution in [0.25, 0.3) is 5.69 Å². The van der Waals surface area contributed by atoms with Gasteiger partial charge in [-0.05, 0) is 35.4 Å². The molecule has 2 aromatic carbocycles. The van der Waals surface area contributed by atoms with Crippen LogP contribution >= 0.6 is 0 Å². The maximum atomic E-state index is 13.1. The smallest absolute Gasteiger partial charge is 0.123 e. The van der Waals surface area contributed by atoms with E-state index in [0.717, 1.165) is 16.8 Å². The zero-order valence-corrected chi connectivity index (χ0v) is 11.5. The first-order valence-electron chi connectivity index (χ1n) is 6.86. The molecule has 106 valence electrons. The van der Waals surface area contributed by atoms with E-state index in [2.05, 4.69) is 16.5 Å². The van der Waals surface area contributed by atoms with Gasteiger partial charge in [-0.25, -0.2) is 9.07 Å². The van der Waals surface area contributed by atoms with Crippen LogP contribution in [0.5, 0.6) is 0 Å². The monoisotopic (exact) mass is 281 g/mol. The molecule has 0 radical (unpaired) electrons. The summed E-state index contributed by atoms with van der Waals surface area (Å²) >= 11 is 0. The van der Waals surface area contributed by atoms with Gasteiger partial charge in [-0.1, -0.05) is 30.3 Å². The number of para-hydroxylation sites is 1. The minimum absolute atomic E-state index is 0.203. The Morgan fingerprint density at radius 2 is 1.90 bits per heavy atom. The fraction of sp³-hybridized carbons (Fsp3) is 0.118. The summed E-state index contributed by atoms with van der Waals surface area (Å²) in [6.45, 7) is 1.33. The van der Waals surface area contributed by atoms with Crippen LogP contribution in [0.1, 0.15) is 11.1 Å². The van der Waals surface area contributed by atoms with Gasteiger partial charge in [0.1, 0.15) is 5.82 Å². The standard InChI is InChI=1S/C17H16FN3/c18-16-7-3-5-14(11-16)12-19-13-15-6-1-2-8-17(15)21-10-4-9-20-21/h1-11,19H,12-13H2. The highest BCUT2D eigenvalue weighted by Gasteiger charge is 2.04. The van der Waals surface area contributed by atoms with Gasteiger partial charge in [-0.3, -0.25) is 0 Å². The lowest BCUT2D eigenvalue weighted by Gasteiger charge is -2.10. The van der Waals surface area contributed by atoms with Gasteiger partial charge in [0.2, 0.25) is 0 Å². The predicted molar refractivity (Wildman–Crippen MR) is 80.5 cm³/mol. The number of hydrogen-bond donors (Lipinski definition) is 1. The molecule has 3 aromatic rings. The van der Waals surface area contributed by atoms with Crippen LogP contribution in [-0.4, -0.2) is 9.78 Å². The Labute approximate surface area is 123 Å². The topological polar surface area (TPSA) is 29.9 Å². The molecule has 0 unspecified atom stereocenters. The van der Waals surface area contributed by atoms with Crippen molar-refractivity contribution in [2.75, 3.05) is 0 Å². The lowest BCUT2D eigenvalue weighted by Crippen LogP contribution is -2.14. The maximum Gasteiger partial charge on any atom is 0.123 e. The van der Waals surface area contributed by atoms with Crippen LogP contribution < -0.4 is 5.32 Å². The van der Waals surface area contributed by atoms with Crippen molar-refractivity contribution >= 4 is 0 Å². The number of nitrogens with one attached hydrogen (secondary N) is 1. The number of aromatic nitrogens is 2. The molecule has 0 atom stereocenters. The summed E-state index contributed by atoms with van der Waals surface area (Å²) < 4.78 is 15.0. The van der Waals surface area contributed by atoms with Crippen molar-refractivity contribution in [2.24, 2.45) is 0 Å². The van der Waals surface area contributed by atoms with E-state index in [1.165, 1.54) is 6.07 Å². The molecule has 1 aromatic heterocycles. The van der Waals surface area contributed by atoms with Crippen molar-refractivity contribution in [1.82, 2.24) is 15.1 Å². The Balaban J connectivity index is 1.69. The molecule has 1 N–H and O–H groups in total. The van der Waals surface area contributed by atoms with E-state index in [9.17, 15) is 4.39 Å². The molecule has 0 amide bonds. The summed E-state index contributed by atoms with van der Waals surface area (Å²) in [6.07, 6.45) is 3.68. The Morgan fingerprint density at radius 1 is 1.00 bits per heavy atom. The minimum Gasteiger partial charge on any atom is -0.309 e. The fourth-order valence-electron chi connectivity index (χ4n) is 2.28. The van der Waals surface area contributed by atoms with Crippen LogP contribution in [0.4, 0.5) is 4.39 Å². The maximum absolute atomic E-state index is 13.1. The molecule has 4 heteroatoms. The van der Waals surface area contributed by atoms with E-state index < -0.39 is 0 Å². The van der Waals surface area contributed by atoms with Crippen molar-refractivity contribution in [1.29, 1.82) is 0 Å². The van der Waals surface area contributed by atoms with Crippen molar-refractivity contribution in [3.63, 3.8) is 0 Å². The van der Waals surface area contributed by atoms with Gasteiger partial charge in [0.25, 0.3) is 0 Å². The van der Waals surface area contributed by atoms with Crippen molar-refractivity contribution in [3.8, 4) is 5.69 Å². The predicted octanol–water partition coefficient (Wildman–Crippen LogP) is 3.30. The van der Waals surface area contributed by atoms with Gasteiger partial charge < -0.3 is 5.32 Å². The second-order valence-electron chi connectivity index (χ2n) is 4.81. The number of rotatable bonds is 5. The first-order chi connectivity index (χ1) is 10.3. The molecule has 0 bridgehead atoms. The Bertz CT molecular complexity index is 708. The number of nitrogens with zero attached hydrogens (tertiary/aromatic N) is 2. The van der Waals surface area contributed by atoms with Gasteiger partial charge in [0, 0.05) is 25.5 Å². The molecule has 0 saturated carbocycles. The Kier molecular flexibility index (Phi) is 4.07. The molecule has 0 aliphatic carbocycles. The largest absolute Gasteiger partial charge is 0.309 e. The van der Waals surface area contributed by atoms with Gasteiger partial charge in [0.15, 0.2) is 0 Å². The van der Waals surface area contributed by atoms with E-state index in [4.69, 9.17) is 0 Å². The first-order valence-corrected chi connectivity index (χ1v) is 6.86. The Hall–Kier alpha value is -2.46. The summed E-state index contributed by atoms with van der Waals surface area (Å²) in [7, 11) is 0. The van der Waals surface area contributed by atoms with Crippen molar-refractivity contribution < 1.29 is 4.39 Å². The minimum atomic E-state index is -0.203. The second kappa shape index (κ2) is 6.33. The fourth-order valence-corrected chi connectivity index (χ4v) is 2.28. The van der Waals surface area contributed by atoms with E-state index in [0.29, 0.717) is 13.1 Å². The lowest BCUT2D eigenvalue weighted by atomic mass is 10.1. The van der Waals surface area contributed by atoms with Crippen LogP contribution in [0.15, 0.2) is 67.0 Å².